The van der Waals surface area contributed by atoms with Crippen LogP contribution in [0.25, 0.3) is 11.1 Å². The van der Waals surface area contributed by atoms with Crippen molar-refractivity contribution in [3.05, 3.63) is 84.4 Å². The number of nitrogens with zero attached hydrogens (tertiary/aromatic N) is 1. The molecule has 0 bridgehead atoms. The first-order valence-electron chi connectivity index (χ1n) is 7.92. The molecule has 0 unspecified atom stereocenters. The molecule has 1 atom stereocenters. The monoisotopic (exact) mass is 335 g/mol. The summed E-state index contributed by atoms with van der Waals surface area (Å²) in [6, 6.07) is 17.1. The van der Waals surface area contributed by atoms with Crippen molar-refractivity contribution in [2.24, 2.45) is 5.73 Å². The summed E-state index contributed by atoms with van der Waals surface area (Å²) in [5, 5.41) is 3.14. The lowest BCUT2D eigenvalue weighted by molar-refractivity contribution is -0.118. The van der Waals surface area contributed by atoms with Gasteiger partial charge in [0, 0.05) is 24.5 Å². The number of anilines is 1. The first kappa shape index (κ1) is 16.6. The van der Waals surface area contributed by atoms with E-state index in [1.54, 1.807) is 24.5 Å². The molecule has 4 nitrogen and oxygen atoms in total. The third kappa shape index (κ3) is 4.41. The van der Waals surface area contributed by atoms with Crippen LogP contribution in [0.2, 0.25) is 0 Å². The van der Waals surface area contributed by atoms with E-state index in [1.165, 1.54) is 12.1 Å². The number of aromatic nitrogens is 1. The Hall–Kier alpha value is -3.21. The average molecular weight is 335 g/mol. The maximum Gasteiger partial charge on any atom is 0.240 e. The number of carbonyl (C=O) groups is 1. The van der Waals surface area contributed by atoms with Gasteiger partial charge >= 0.3 is 0 Å². The fourth-order valence-corrected chi connectivity index (χ4v) is 2.58. The van der Waals surface area contributed by atoms with Gasteiger partial charge in [0.05, 0.1) is 0 Å². The van der Waals surface area contributed by atoms with Gasteiger partial charge in [-0.15, -0.1) is 0 Å². The molecule has 5 heteroatoms. The Labute approximate surface area is 145 Å². The minimum atomic E-state index is -0.572. The topological polar surface area (TPSA) is 68.0 Å². The van der Waals surface area contributed by atoms with Gasteiger partial charge in [0.25, 0.3) is 0 Å². The minimum Gasteiger partial charge on any atom is -0.373 e. The van der Waals surface area contributed by atoms with E-state index >= 15 is 0 Å². The van der Waals surface area contributed by atoms with Crippen LogP contribution >= 0.6 is 0 Å². The van der Waals surface area contributed by atoms with Crippen molar-refractivity contribution in [3.63, 3.8) is 0 Å². The molecule has 1 amide bonds. The Morgan fingerprint density at radius 1 is 0.960 bits per heavy atom. The predicted octanol–water partition coefficient (Wildman–Crippen LogP) is 3.40. The Morgan fingerprint density at radius 2 is 1.56 bits per heavy atom. The van der Waals surface area contributed by atoms with Gasteiger partial charge in [-0.05, 0) is 53.1 Å². The SMILES string of the molecule is NC(=O)[C@@H](Cc1ccc(F)cc1)Nc1ccc(-c2ccncc2)cc1. The fraction of sp³-hybridized carbons (Fsp3) is 0.100. The highest BCUT2D eigenvalue weighted by Crippen LogP contribution is 2.21. The summed E-state index contributed by atoms with van der Waals surface area (Å²) in [5.74, 6) is -0.762. The molecule has 0 aliphatic rings. The number of hydrogen-bond acceptors (Lipinski definition) is 3. The lowest BCUT2D eigenvalue weighted by atomic mass is 10.0. The second-order valence-corrected chi connectivity index (χ2v) is 5.74. The van der Waals surface area contributed by atoms with E-state index in [0.29, 0.717) is 6.42 Å². The molecule has 0 fully saturated rings. The summed E-state index contributed by atoms with van der Waals surface area (Å²) >= 11 is 0. The van der Waals surface area contributed by atoms with E-state index in [1.807, 2.05) is 36.4 Å². The highest BCUT2D eigenvalue weighted by atomic mass is 19.1. The first-order chi connectivity index (χ1) is 12.1. The molecule has 0 saturated heterocycles. The number of pyridine rings is 1. The Morgan fingerprint density at radius 3 is 2.16 bits per heavy atom. The molecule has 2 aromatic carbocycles. The molecule has 25 heavy (non-hydrogen) atoms. The van der Waals surface area contributed by atoms with Crippen molar-refractivity contribution in [1.29, 1.82) is 0 Å². The summed E-state index contributed by atoms with van der Waals surface area (Å²) in [5.41, 5.74) is 9.26. The Kier molecular flexibility index (Phi) is 5.04. The van der Waals surface area contributed by atoms with Gasteiger partial charge in [-0.2, -0.15) is 0 Å². The van der Waals surface area contributed by atoms with Crippen molar-refractivity contribution < 1.29 is 9.18 Å². The molecule has 3 rings (SSSR count). The van der Waals surface area contributed by atoms with Crippen molar-refractivity contribution in [2.75, 3.05) is 5.32 Å². The Balaban J connectivity index is 1.72. The van der Waals surface area contributed by atoms with Gasteiger partial charge in [0.15, 0.2) is 0 Å². The fourth-order valence-electron chi connectivity index (χ4n) is 2.58. The number of carbonyl (C=O) groups excluding carboxylic acids is 1. The zero-order valence-corrected chi connectivity index (χ0v) is 13.5. The van der Waals surface area contributed by atoms with Crippen LogP contribution in [0.1, 0.15) is 5.56 Å². The highest BCUT2D eigenvalue weighted by molar-refractivity contribution is 5.83. The van der Waals surface area contributed by atoms with E-state index in [9.17, 15) is 9.18 Å². The van der Waals surface area contributed by atoms with E-state index in [2.05, 4.69) is 10.3 Å². The molecule has 126 valence electrons. The van der Waals surface area contributed by atoms with Crippen LogP contribution in [-0.2, 0) is 11.2 Å². The zero-order valence-electron chi connectivity index (χ0n) is 13.5. The van der Waals surface area contributed by atoms with Crippen LogP contribution in [0.3, 0.4) is 0 Å². The van der Waals surface area contributed by atoms with Crippen molar-refractivity contribution >= 4 is 11.6 Å². The van der Waals surface area contributed by atoms with Gasteiger partial charge in [0.2, 0.25) is 5.91 Å². The molecule has 3 aromatic rings. The number of hydrogen-bond donors (Lipinski definition) is 2. The molecule has 0 aliphatic carbocycles. The molecular weight excluding hydrogens is 317 g/mol. The quantitative estimate of drug-likeness (QED) is 0.725. The maximum absolute atomic E-state index is 13.0. The third-order valence-corrected chi connectivity index (χ3v) is 3.94. The van der Waals surface area contributed by atoms with Crippen molar-refractivity contribution in [3.8, 4) is 11.1 Å². The number of primary amides is 1. The third-order valence-electron chi connectivity index (χ3n) is 3.94. The van der Waals surface area contributed by atoms with Crippen molar-refractivity contribution in [2.45, 2.75) is 12.5 Å². The van der Waals surface area contributed by atoms with E-state index in [4.69, 9.17) is 5.73 Å². The van der Waals surface area contributed by atoms with Crippen molar-refractivity contribution in [1.82, 2.24) is 4.98 Å². The number of rotatable bonds is 6. The molecule has 0 aliphatic heterocycles. The summed E-state index contributed by atoms with van der Waals surface area (Å²) in [6.45, 7) is 0. The van der Waals surface area contributed by atoms with Crippen LogP contribution in [0.4, 0.5) is 10.1 Å². The molecule has 1 heterocycles. The van der Waals surface area contributed by atoms with Gasteiger partial charge in [-0.3, -0.25) is 9.78 Å². The van der Waals surface area contributed by atoms with Gasteiger partial charge < -0.3 is 11.1 Å². The largest absolute Gasteiger partial charge is 0.373 e. The van der Waals surface area contributed by atoms with Crippen LogP contribution in [0, 0.1) is 5.82 Å². The summed E-state index contributed by atoms with van der Waals surface area (Å²) in [4.78, 5) is 15.7. The molecular formula is C20H18FN3O. The molecule has 0 radical (unpaired) electrons. The lowest BCUT2D eigenvalue weighted by Gasteiger charge is -2.17. The number of amides is 1. The predicted molar refractivity (Wildman–Crippen MR) is 96.4 cm³/mol. The second-order valence-electron chi connectivity index (χ2n) is 5.74. The van der Waals surface area contributed by atoms with Crippen LogP contribution in [0.5, 0.6) is 0 Å². The molecule has 0 saturated carbocycles. The lowest BCUT2D eigenvalue weighted by Crippen LogP contribution is -2.37. The summed E-state index contributed by atoms with van der Waals surface area (Å²) < 4.78 is 13.0. The smallest absolute Gasteiger partial charge is 0.240 e. The standard InChI is InChI=1S/C20H18FN3O/c21-17-5-1-14(2-6-17)13-19(20(22)25)24-18-7-3-15(4-8-18)16-9-11-23-12-10-16/h1-12,19,24H,13H2,(H2,22,25)/t19-/m1/s1. The maximum atomic E-state index is 13.0. The summed E-state index contributed by atoms with van der Waals surface area (Å²) in [7, 11) is 0. The second kappa shape index (κ2) is 7.57. The minimum absolute atomic E-state index is 0.306. The number of benzene rings is 2. The normalized spacial score (nSPS) is 11.7. The molecule has 0 spiro atoms. The number of halogens is 1. The summed E-state index contributed by atoms with van der Waals surface area (Å²) in [6.07, 6.45) is 3.88. The first-order valence-corrected chi connectivity index (χ1v) is 7.92. The van der Waals surface area contributed by atoms with Gasteiger partial charge in [-0.25, -0.2) is 4.39 Å². The van der Waals surface area contributed by atoms with E-state index in [0.717, 1.165) is 22.4 Å². The van der Waals surface area contributed by atoms with E-state index < -0.39 is 11.9 Å². The molecule has 3 N–H and O–H groups in total. The van der Waals surface area contributed by atoms with Crippen LogP contribution in [-0.4, -0.2) is 16.9 Å². The highest BCUT2D eigenvalue weighted by Gasteiger charge is 2.16. The molecule has 1 aromatic heterocycles. The average Bonchev–Trinajstić information content (AvgIpc) is 2.64. The van der Waals surface area contributed by atoms with Gasteiger partial charge in [0.1, 0.15) is 11.9 Å². The number of nitrogens with two attached hydrogens (primary N) is 1. The number of nitrogens with one attached hydrogen (secondary N) is 1. The zero-order chi connectivity index (χ0) is 17.6. The van der Waals surface area contributed by atoms with Gasteiger partial charge in [-0.1, -0.05) is 24.3 Å². The van der Waals surface area contributed by atoms with Crippen LogP contribution < -0.4 is 11.1 Å². The Bertz CT molecular complexity index is 833. The van der Waals surface area contributed by atoms with E-state index in [-0.39, 0.29) is 5.82 Å². The van der Waals surface area contributed by atoms with Crippen LogP contribution in [0.15, 0.2) is 73.1 Å².